The number of rotatable bonds is 3. The molecular weight excluding hydrogens is 380 g/mol. The predicted molar refractivity (Wildman–Crippen MR) is 125 cm³/mol. The third-order valence-corrected chi connectivity index (χ3v) is 5.76. The highest BCUT2D eigenvalue weighted by molar-refractivity contribution is 6.00. The molecule has 0 radical (unpaired) electrons. The highest BCUT2D eigenvalue weighted by Crippen LogP contribution is 2.38. The molecule has 0 aliphatic heterocycles. The zero-order valence-electron chi connectivity index (χ0n) is 17.0. The van der Waals surface area contributed by atoms with Gasteiger partial charge < -0.3 is 4.42 Å². The van der Waals surface area contributed by atoms with E-state index in [0.29, 0.717) is 0 Å². The van der Waals surface area contributed by atoms with Gasteiger partial charge in [-0.05, 0) is 18.6 Å². The fourth-order valence-corrected chi connectivity index (χ4v) is 4.27. The molecule has 0 spiro atoms. The van der Waals surface area contributed by atoms with Crippen molar-refractivity contribution in [1.29, 1.82) is 0 Å². The van der Waals surface area contributed by atoms with Crippen LogP contribution in [0.2, 0.25) is 0 Å². The standard InChI is InChI=1S/C28H20N2O/c1-3-10-19(11-4-1)23-18-24(30-28(29-23)20-12-5-2-6-13-20)21-15-9-17-26-27(21)22-14-7-8-16-25(22)31-26/h1-7,9-15,17-18H,8,16H2. The second-order valence-electron chi connectivity index (χ2n) is 7.75. The molecule has 1 aliphatic carbocycles. The first-order chi connectivity index (χ1) is 15.4. The monoisotopic (exact) mass is 400 g/mol. The van der Waals surface area contributed by atoms with Crippen LogP contribution in [0.1, 0.15) is 17.7 Å². The van der Waals surface area contributed by atoms with Gasteiger partial charge in [-0.15, -0.1) is 0 Å². The van der Waals surface area contributed by atoms with Crippen molar-refractivity contribution in [3.8, 4) is 33.9 Å². The summed E-state index contributed by atoms with van der Waals surface area (Å²) in [5.41, 5.74) is 7.06. The molecule has 0 N–H and O–H groups in total. The Balaban J connectivity index is 1.63. The van der Waals surface area contributed by atoms with Gasteiger partial charge in [-0.25, -0.2) is 9.97 Å². The molecule has 0 fully saturated rings. The van der Waals surface area contributed by atoms with Gasteiger partial charge in [0, 0.05) is 34.1 Å². The van der Waals surface area contributed by atoms with Gasteiger partial charge in [-0.2, -0.15) is 0 Å². The Kier molecular flexibility index (Phi) is 4.24. The van der Waals surface area contributed by atoms with Gasteiger partial charge in [0.05, 0.1) is 11.4 Å². The normalized spacial score (nSPS) is 12.8. The second kappa shape index (κ2) is 7.37. The molecule has 148 valence electrons. The van der Waals surface area contributed by atoms with Crippen LogP contribution in [0.3, 0.4) is 0 Å². The van der Waals surface area contributed by atoms with Gasteiger partial charge >= 0.3 is 0 Å². The summed E-state index contributed by atoms with van der Waals surface area (Å²) >= 11 is 0. The number of allylic oxidation sites excluding steroid dienone is 1. The van der Waals surface area contributed by atoms with E-state index < -0.39 is 0 Å². The average Bonchev–Trinajstić information content (AvgIpc) is 3.24. The fraction of sp³-hybridized carbons (Fsp3) is 0.0714. The largest absolute Gasteiger partial charge is 0.460 e. The van der Waals surface area contributed by atoms with Gasteiger partial charge in [-0.3, -0.25) is 0 Å². The molecule has 3 nitrogen and oxygen atoms in total. The number of aromatic nitrogens is 2. The van der Waals surface area contributed by atoms with E-state index in [1.54, 1.807) is 0 Å². The fourth-order valence-electron chi connectivity index (χ4n) is 4.27. The van der Waals surface area contributed by atoms with Gasteiger partial charge in [0.2, 0.25) is 0 Å². The number of nitrogens with zero attached hydrogens (tertiary/aromatic N) is 2. The lowest BCUT2D eigenvalue weighted by Gasteiger charge is -2.11. The van der Waals surface area contributed by atoms with Gasteiger partial charge in [-0.1, -0.05) is 84.9 Å². The van der Waals surface area contributed by atoms with Crippen molar-refractivity contribution in [3.05, 3.63) is 102 Å². The minimum Gasteiger partial charge on any atom is -0.460 e. The molecule has 0 unspecified atom stereocenters. The molecule has 1 aliphatic rings. The zero-order chi connectivity index (χ0) is 20.6. The van der Waals surface area contributed by atoms with Gasteiger partial charge in [0.15, 0.2) is 5.82 Å². The summed E-state index contributed by atoms with van der Waals surface area (Å²) in [6, 6.07) is 28.7. The van der Waals surface area contributed by atoms with Gasteiger partial charge in [0.25, 0.3) is 0 Å². The Hall–Kier alpha value is -3.98. The minimum absolute atomic E-state index is 0.724. The molecule has 3 aromatic carbocycles. The minimum atomic E-state index is 0.724. The number of fused-ring (bicyclic) bond motifs is 3. The van der Waals surface area contributed by atoms with Crippen LogP contribution < -0.4 is 0 Å². The summed E-state index contributed by atoms with van der Waals surface area (Å²) < 4.78 is 6.19. The molecule has 0 atom stereocenters. The molecular formula is C28H20N2O. The van der Waals surface area contributed by atoms with Crippen molar-refractivity contribution >= 4 is 17.0 Å². The van der Waals surface area contributed by atoms with E-state index >= 15 is 0 Å². The summed E-state index contributed by atoms with van der Waals surface area (Å²) in [6.45, 7) is 0. The summed E-state index contributed by atoms with van der Waals surface area (Å²) in [5.74, 6) is 1.78. The first-order valence-corrected chi connectivity index (χ1v) is 10.6. The van der Waals surface area contributed by atoms with E-state index in [-0.39, 0.29) is 0 Å². The Morgan fingerprint density at radius 1 is 0.710 bits per heavy atom. The van der Waals surface area contributed by atoms with Crippen LogP contribution in [0, 0.1) is 0 Å². The van der Waals surface area contributed by atoms with Crippen LogP contribution in [0.25, 0.3) is 50.9 Å². The maximum Gasteiger partial charge on any atom is 0.160 e. The maximum absolute atomic E-state index is 6.19. The third kappa shape index (κ3) is 3.15. The molecule has 31 heavy (non-hydrogen) atoms. The van der Waals surface area contributed by atoms with Crippen LogP contribution in [0.15, 0.2) is 95.4 Å². The Morgan fingerprint density at radius 3 is 2.26 bits per heavy atom. The molecule has 0 amide bonds. The molecule has 6 rings (SSSR count). The first kappa shape index (κ1) is 17.8. The molecule has 2 aromatic heterocycles. The number of benzene rings is 3. The van der Waals surface area contributed by atoms with Crippen LogP contribution in [-0.4, -0.2) is 9.97 Å². The van der Waals surface area contributed by atoms with Crippen molar-refractivity contribution < 1.29 is 4.42 Å². The molecule has 5 aromatic rings. The summed E-state index contributed by atoms with van der Waals surface area (Å²) in [4.78, 5) is 9.91. The lowest BCUT2D eigenvalue weighted by Crippen LogP contribution is -1.96. The molecule has 3 heteroatoms. The number of aryl methyl sites for hydroxylation is 1. The Labute approximate surface area is 180 Å². The van der Waals surface area contributed by atoms with Crippen molar-refractivity contribution in [2.24, 2.45) is 0 Å². The SMILES string of the molecule is C1=Cc2c(oc3cccc(-c4cc(-c5ccccc5)nc(-c5ccccc5)n4)c23)CC1. The van der Waals surface area contributed by atoms with Crippen molar-refractivity contribution in [2.45, 2.75) is 12.8 Å². The zero-order valence-corrected chi connectivity index (χ0v) is 17.0. The smallest absolute Gasteiger partial charge is 0.160 e. The molecule has 2 heterocycles. The number of hydrogen-bond acceptors (Lipinski definition) is 3. The van der Waals surface area contributed by atoms with E-state index in [0.717, 1.165) is 63.5 Å². The molecule has 0 saturated heterocycles. The summed E-state index contributed by atoms with van der Waals surface area (Å²) in [7, 11) is 0. The molecule has 0 saturated carbocycles. The van der Waals surface area contributed by atoms with Gasteiger partial charge in [0.1, 0.15) is 11.3 Å². The lowest BCUT2D eigenvalue weighted by molar-refractivity contribution is 0.546. The van der Waals surface area contributed by atoms with Crippen molar-refractivity contribution in [2.75, 3.05) is 0 Å². The highest BCUT2D eigenvalue weighted by Gasteiger charge is 2.19. The maximum atomic E-state index is 6.19. The van der Waals surface area contributed by atoms with E-state index in [2.05, 4.69) is 48.6 Å². The van der Waals surface area contributed by atoms with E-state index in [1.165, 1.54) is 5.56 Å². The number of furan rings is 1. The second-order valence-corrected chi connectivity index (χ2v) is 7.75. The quantitative estimate of drug-likeness (QED) is 0.322. The van der Waals surface area contributed by atoms with E-state index in [9.17, 15) is 0 Å². The highest BCUT2D eigenvalue weighted by atomic mass is 16.3. The average molecular weight is 400 g/mol. The lowest BCUT2D eigenvalue weighted by atomic mass is 9.97. The predicted octanol–water partition coefficient (Wildman–Crippen LogP) is 7.18. The topological polar surface area (TPSA) is 38.9 Å². The van der Waals surface area contributed by atoms with Crippen LogP contribution in [0.5, 0.6) is 0 Å². The van der Waals surface area contributed by atoms with E-state index in [1.807, 2.05) is 48.5 Å². The third-order valence-electron chi connectivity index (χ3n) is 5.76. The van der Waals surface area contributed by atoms with E-state index in [4.69, 9.17) is 14.4 Å². The first-order valence-electron chi connectivity index (χ1n) is 10.6. The van der Waals surface area contributed by atoms with Crippen LogP contribution in [-0.2, 0) is 6.42 Å². The Bertz CT molecular complexity index is 1360. The Morgan fingerprint density at radius 2 is 1.45 bits per heavy atom. The summed E-state index contributed by atoms with van der Waals surface area (Å²) in [5, 5.41) is 1.13. The van der Waals surface area contributed by atoms with Crippen molar-refractivity contribution in [1.82, 2.24) is 9.97 Å². The number of hydrogen-bond donors (Lipinski definition) is 0. The summed E-state index contributed by atoms with van der Waals surface area (Å²) in [6.07, 6.45) is 6.37. The van der Waals surface area contributed by atoms with Crippen molar-refractivity contribution in [3.63, 3.8) is 0 Å². The molecule has 0 bridgehead atoms. The van der Waals surface area contributed by atoms with Crippen LogP contribution in [0.4, 0.5) is 0 Å². The van der Waals surface area contributed by atoms with Crippen LogP contribution >= 0.6 is 0 Å².